The van der Waals surface area contributed by atoms with Crippen LogP contribution in [0.2, 0.25) is 0 Å². The largest absolute Gasteiger partial charge is 0.325 e. The third kappa shape index (κ3) is 2.99. The first-order chi connectivity index (χ1) is 13.7. The number of hydrogen-bond donors (Lipinski definition) is 1. The second kappa shape index (κ2) is 7.55. The zero-order valence-corrected chi connectivity index (χ0v) is 16.4. The minimum Gasteiger partial charge on any atom is -0.291 e. The lowest BCUT2D eigenvalue weighted by Crippen LogP contribution is -2.61. The number of nitrogens with zero attached hydrogens (tertiary/aromatic N) is 4. The van der Waals surface area contributed by atoms with Gasteiger partial charge in [0, 0.05) is 17.7 Å². The molecule has 1 amide bonds. The maximum absolute atomic E-state index is 13.0. The molecule has 4 rings (SSSR count). The molecule has 0 spiro atoms. The van der Waals surface area contributed by atoms with Crippen LogP contribution in [-0.4, -0.2) is 26.7 Å². The highest BCUT2D eigenvalue weighted by Gasteiger charge is 2.45. The van der Waals surface area contributed by atoms with Crippen molar-refractivity contribution in [1.29, 1.82) is 0 Å². The van der Waals surface area contributed by atoms with Gasteiger partial charge in [-0.25, -0.2) is 4.90 Å². The van der Waals surface area contributed by atoms with Gasteiger partial charge >= 0.3 is 17.4 Å². The lowest BCUT2D eigenvalue weighted by Gasteiger charge is -2.31. The van der Waals surface area contributed by atoms with Crippen molar-refractivity contribution in [2.75, 3.05) is 10.7 Å². The van der Waals surface area contributed by atoms with E-state index in [0.717, 1.165) is 5.75 Å². The van der Waals surface area contributed by atoms with E-state index in [4.69, 9.17) is 0 Å². The van der Waals surface area contributed by atoms with Crippen molar-refractivity contribution >= 4 is 23.4 Å². The number of rotatable bonds is 4. The van der Waals surface area contributed by atoms with Gasteiger partial charge in [-0.05, 0) is 34.7 Å². The second-order valence-corrected chi connectivity index (χ2v) is 7.50. The Morgan fingerprint density at radius 1 is 1.21 bits per heavy atom. The van der Waals surface area contributed by atoms with Gasteiger partial charge in [-0.15, -0.1) is 0 Å². The number of nitrogens with one attached hydrogen (secondary N) is 1. The second-order valence-electron chi connectivity index (χ2n) is 6.25. The number of carbonyl (C=O) groups is 1. The minimum absolute atomic E-state index is 0.0620. The molecule has 3 heterocycles. The van der Waals surface area contributed by atoms with Gasteiger partial charge in [-0.1, -0.05) is 43.8 Å². The van der Waals surface area contributed by atoms with Gasteiger partial charge in [0.25, 0.3) is 0 Å². The molecule has 1 aliphatic rings. The maximum atomic E-state index is 13.0. The number of H-pyrrole nitrogens is 1. The predicted octanol–water partition coefficient (Wildman–Crippen LogP) is 2.53. The van der Waals surface area contributed by atoms with E-state index in [0.29, 0.717) is 34.2 Å². The Labute approximate surface area is 166 Å². The Bertz CT molecular complexity index is 1080. The van der Waals surface area contributed by atoms with E-state index < -0.39 is 6.17 Å². The fraction of sp³-hybridized carbons (Fsp3) is 0.250. The van der Waals surface area contributed by atoms with Crippen LogP contribution >= 0.6 is 11.8 Å². The highest BCUT2D eigenvalue weighted by molar-refractivity contribution is 7.99. The summed E-state index contributed by atoms with van der Waals surface area (Å²) in [6, 6.07) is 13.0. The number of pyridine rings is 1. The van der Waals surface area contributed by atoms with Gasteiger partial charge in [0.2, 0.25) is 11.1 Å². The summed E-state index contributed by atoms with van der Waals surface area (Å²) < 4.78 is 1.63. The number of para-hydroxylation sites is 1. The molecule has 1 N–H and O–H groups in total. The Hall–Kier alpha value is -3.00. The molecule has 8 heteroatoms. The molecule has 1 unspecified atom stereocenters. The van der Waals surface area contributed by atoms with Crippen molar-refractivity contribution in [2.24, 2.45) is 0 Å². The molecule has 0 bridgehead atoms. The van der Waals surface area contributed by atoms with Crippen LogP contribution in [0.1, 0.15) is 32.1 Å². The van der Waals surface area contributed by atoms with Crippen molar-refractivity contribution < 1.29 is 9.48 Å². The molecule has 0 radical (unpaired) electrons. The van der Waals surface area contributed by atoms with E-state index in [9.17, 15) is 9.59 Å². The third-order valence-corrected chi connectivity index (χ3v) is 5.31. The molecular formula is C20H20N5O2S+. The lowest BCUT2D eigenvalue weighted by atomic mass is 10.0. The summed E-state index contributed by atoms with van der Waals surface area (Å²) in [6.07, 6.45) is 1.38. The number of amides is 1. The quantitative estimate of drug-likeness (QED) is 0.543. The summed E-state index contributed by atoms with van der Waals surface area (Å²) >= 11 is 1.44. The van der Waals surface area contributed by atoms with Crippen LogP contribution in [0, 0.1) is 0 Å². The first-order valence-corrected chi connectivity index (χ1v) is 10.2. The lowest BCUT2D eigenvalue weighted by molar-refractivity contribution is -0.763. The van der Waals surface area contributed by atoms with Crippen LogP contribution in [0.5, 0.6) is 0 Å². The van der Waals surface area contributed by atoms with E-state index in [1.807, 2.05) is 56.3 Å². The highest BCUT2D eigenvalue weighted by Crippen LogP contribution is 2.36. The molecule has 0 saturated heterocycles. The van der Waals surface area contributed by atoms with Crippen molar-refractivity contribution in [3.8, 4) is 11.3 Å². The number of thioether (sulfide) groups is 1. The predicted molar refractivity (Wildman–Crippen MR) is 107 cm³/mol. The average molecular weight is 394 g/mol. The van der Waals surface area contributed by atoms with E-state index in [2.05, 4.69) is 15.1 Å². The van der Waals surface area contributed by atoms with Crippen LogP contribution in [0.3, 0.4) is 0 Å². The van der Waals surface area contributed by atoms with Crippen molar-refractivity contribution in [2.45, 2.75) is 31.6 Å². The topological polar surface area (TPSA) is 82.8 Å². The van der Waals surface area contributed by atoms with Crippen LogP contribution < -0.4 is 15.1 Å². The first kappa shape index (κ1) is 18.4. The van der Waals surface area contributed by atoms with Crippen LogP contribution in [-0.2, 0) is 4.79 Å². The van der Waals surface area contributed by atoms with Gasteiger partial charge < -0.3 is 0 Å². The molecule has 142 valence electrons. The number of aromatic nitrogens is 4. The fourth-order valence-corrected chi connectivity index (χ4v) is 3.99. The molecule has 0 saturated carbocycles. The molecule has 7 nitrogen and oxygen atoms in total. The van der Waals surface area contributed by atoms with Crippen LogP contribution in [0.25, 0.3) is 11.3 Å². The number of carbonyl (C=O) groups excluding carboxylic acids is 1. The summed E-state index contributed by atoms with van der Waals surface area (Å²) in [5.41, 5.74) is 2.21. The van der Waals surface area contributed by atoms with E-state index in [1.165, 1.54) is 11.8 Å². The van der Waals surface area contributed by atoms with Crippen molar-refractivity contribution in [3.05, 3.63) is 64.7 Å². The molecule has 1 atom stereocenters. The summed E-state index contributed by atoms with van der Waals surface area (Å²) in [5, 5.41) is 5.19. The van der Waals surface area contributed by atoms with E-state index in [-0.39, 0.29) is 11.5 Å². The molecule has 2 aromatic heterocycles. The minimum atomic E-state index is -0.628. The number of benzene rings is 1. The summed E-state index contributed by atoms with van der Waals surface area (Å²) in [6.45, 7) is 3.82. The Morgan fingerprint density at radius 2 is 2.00 bits per heavy atom. The zero-order valence-electron chi connectivity index (χ0n) is 15.6. The van der Waals surface area contributed by atoms with E-state index in [1.54, 1.807) is 15.8 Å². The van der Waals surface area contributed by atoms with Crippen molar-refractivity contribution in [3.63, 3.8) is 0 Å². The van der Waals surface area contributed by atoms with Gasteiger partial charge in [-0.2, -0.15) is 0 Å². The van der Waals surface area contributed by atoms with Crippen molar-refractivity contribution in [1.82, 2.24) is 15.1 Å². The van der Waals surface area contributed by atoms with Gasteiger partial charge in [0.05, 0.1) is 11.3 Å². The van der Waals surface area contributed by atoms with Gasteiger partial charge in [-0.3, -0.25) is 19.6 Å². The molecular weight excluding hydrogens is 374 g/mol. The van der Waals surface area contributed by atoms with Gasteiger partial charge in [0.1, 0.15) is 5.69 Å². The standard InChI is InChI=1S/C20H19N5O2S/c1-3-16(26)24-15-11-6-5-9-13(15)17-18(27)22-20(28-4-2)23-25(17)19(24)14-10-7-8-12-21-14/h5-12,19H,3-4H2,1-2H3/p+1. The highest BCUT2D eigenvalue weighted by atomic mass is 32.2. The summed E-state index contributed by atoms with van der Waals surface area (Å²) in [4.78, 5) is 35.0. The SMILES string of the molecule is CCSc1n[n+]2c(c(=O)[nH]1)-c1ccccc1N(C(=O)CC)C2c1ccccn1. The molecule has 28 heavy (non-hydrogen) atoms. The molecule has 1 aliphatic heterocycles. The molecule has 0 aliphatic carbocycles. The van der Waals surface area contributed by atoms with E-state index >= 15 is 0 Å². The smallest absolute Gasteiger partial charge is 0.291 e. The van der Waals surface area contributed by atoms with Gasteiger partial charge in [0.15, 0.2) is 0 Å². The average Bonchev–Trinajstić information content (AvgIpc) is 2.72. The first-order valence-electron chi connectivity index (χ1n) is 9.17. The van der Waals surface area contributed by atoms with Crippen LogP contribution in [0.4, 0.5) is 5.69 Å². The zero-order chi connectivity index (χ0) is 19.7. The fourth-order valence-electron chi connectivity index (χ4n) is 3.41. The summed E-state index contributed by atoms with van der Waals surface area (Å²) in [5.74, 6) is 0.707. The normalized spacial score (nSPS) is 15.1. The summed E-state index contributed by atoms with van der Waals surface area (Å²) in [7, 11) is 0. The Kier molecular flexibility index (Phi) is 4.95. The Balaban J connectivity index is 2.06. The van der Waals surface area contributed by atoms with Crippen LogP contribution in [0.15, 0.2) is 58.6 Å². The third-order valence-electron chi connectivity index (χ3n) is 4.56. The maximum Gasteiger partial charge on any atom is 0.325 e. The number of fused-ring (bicyclic) bond motifs is 3. The molecule has 3 aromatic rings. The number of aromatic amines is 1. The number of hydrogen-bond acceptors (Lipinski definition) is 5. The molecule has 1 aromatic carbocycles. The molecule has 0 fully saturated rings. The monoisotopic (exact) mass is 394 g/mol. The number of anilines is 1. The Morgan fingerprint density at radius 3 is 2.71 bits per heavy atom.